The topological polar surface area (TPSA) is 58.2 Å². The van der Waals surface area contributed by atoms with Crippen molar-refractivity contribution in [2.45, 2.75) is 31.1 Å². The average Bonchev–Trinajstić information content (AvgIpc) is 2.15. The Kier molecular flexibility index (Phi) is 2.82. The molecular weight excluding hydrogens is 269 g/mol. The summed E-state index contributed by atoms with van der Waals surface area (Å²) in [5.41, 5.74) is -0.986. The molecule has 1 unspecified atom stereocenters. The van der Waals surface area contributed by atoms with E-state index in [1.807, 2.05) is 0 Å². The van der Waals surface area contributed by atoms with Crippen LogP contribution in [0.3, 0.4) is 0 Å². The van der Waals surface area contributed by atoms with Gasteiger partial charge in [0.15, 0.2) is 0 Å². The number of hydrogen-bond donors (Lipinski definition) is 2. The number of aryl methyl sites for hydroxylation is 1. The smallest absolute Gasteiger partial charge is 0.368 e. The van der Waals surface area contributed by atoms with Gasteiger partial charge in [-0.1, -0.05) is 0 Å². The zero-order chi connectivity index (χ0) is 13.7. The van der Waals surface area contributed by atoms with Crippen LogP contribution in [0.1, 0.15) is 18.1 Å². The van der Waals surface area contributed by atoms with Crippen LogP contribution in [-0.4, -0.2) is 14.6 Å². The molecule has 18 heavy (non-hydrogen) atoms. The van der Waals surface area contributed by atoms with E-state index in [9.17, 15) is 21.6 Å². The third kappa shape index (κ3) is 2.17. The number of halogens is 3. The predicted octanol–water partition coefficient (Wildman–Crippen LogP) is 2.06. The third-order valence-corrected chi connectivity index (χ3v) is 4.21. The standard InChI is InChI=1S/C10H11F3N2O2S/c1-5-3-9-8(4-7(5)10(11,12)13)14-6(2)15-18(9,16)17/h3-4,6,14-15H,1-2H3. The van der Waals surface area contributed by atoms with Crippen molar-refractivity contribution in [2.24, 2.45) is 0 Å². The zero-order valence-electron chi connectivity index (χ0n) is 9.59. The molecule has 2 rings (SSSR count). The molecule has 0 aromatic heterocycles. The highest BCUT2D eigenvalue weighted by Crippen LogP contribution is 2.37. The van der Waals surface area contributed by atoms with Gasteiger partial charge >= 0.3 is 6.18 Å². The summed E-state index contributed by atoms with van der Waals surface area (Å²) in [5, 5.41) is 2.66. The van der Waals surface area contributed by atoms with Crippen molar-refractivity contribution in [3.8, 4) is 0 Å². The summed E-state index contributed by atoms with van der Waals surface area (Å²) in [4.78, 5) is -0.161. The molecule has 0 radical (unpaired) electrons. The molecule has 1 aliphatic rings. The van der Waals surface area contributed by atoms with Crippen molar-refractivity contribution < 1.29 is 21.6 Å². The molecule has 0 bridgehead atoms. The lowest BCUT2D eigenvalue weighted by molar-refractivity contribution is -0.138. The fourth-order valence-electron chi connectivity index (χ4n) is 1.88. The van der Waals surface area contributed by atoms with Crippen molar-refractivity contribution >= 4 is 15.7 Å². The van der Waals surface area contributed by atoms with E-state index >= 15 is 0 Å². The number of sulfonamides is 1. The zero-order valence-corrected chi connectivity index (χ0v) is 10.4. The first kappa shape index (κ1) is 13.2. The van der Waals surface area contributed by atoms with Gasteiger partial charge in [0.1, 0.15) is 4.90 Å². The Labute approximate surface area is 102 Å². The van der Waals surface area contributed by atoms with Gasteiger partial charge in [-0.2, -0.15) is 17.9 Å². The molecule has 8 heteroatoms. The number of alkyl halides is 3. The first-order valence-electron chi connectivity index (χ1n) is 5.12. The van der Waals surface area contributed by atoms with Crippen molar-refractivity contribution in [1.29, 1.82) is 0 Å². The van der Waals surface area contributed by atoms with Crippen LogP contribution in [0.25, 0.3) is 0 Å². The van der Waals surface area contributed by atoms with Crippen LogP contribution in [0.4, 0.5) is 18.9 Å². The minimum Gasteiger partial charge on any atom is -0.368 e. The summed E-state index contributed by atoms with van der Waals surface area (Å²) in [7, 11) is -3.76. The Morgan fingerprint density at radius 3 is 2.44 bits per heavy atom. The normalized spacial score (nSPS) is 22.2. The molecule has 4 nitrogen and oxygen atoms in total. The lowest BCUT2D eigenvalue weighted by atomic mass is 10.1. The fourth-order valence-corrected chi connectivity index (χ4v) is 3.27. The largest absolute Gasteiger partial charge is 0.416 e. The maximum absolute atomic E-state index is 12.7. The number of rotatable bonds is 0. The van der Waals surface area contributed by atoms with Crippen molar-refractivity contribution in [3.63, 3.8) is 0 Å². The first-order chi connectivity index (χ1) is 8.11. The van der Waals surface area contributed by atoms with Gasteiger partial charge in [-0.05, 0) is 31.5 Å². The SMILES string of the molecule is Cc1cc2c(cc1C(F)(F)F)NC(C)NS2(=O)=O. The molecule has 2 N–H and O–H groups in total. The van der Waals surface area contributed by atoms with Crippen LogP contribution in [0.15, 0.2) is 17.0 Å². The fraction of sp³-hybridized carbons (Fsp3) is 0.400. The Morgan fingerprint density at radius 1 is 1.28 bits per heavy atom. The van der Waals surface area contributed by atoms with E-state index in [4.69, 9.17) is 0 Å². The van der Waals surface area contributed by atoms with E-state index in [2.05, 4.69) is 10.0 Å². The Hall–Kier alpha value is -1.28. The highest BCUT2D eigenvalue weighted by molar-refractivity contribution is 7.89. The number of nitrogens with one attached hydrogen (secondary N) is 2. The highest BCUT2D eigenvalue weighted by Gasteiger charge is 2.36. The molecule has 0 amide bonds. The second kappa shape index (κ2) is 3.86. The van der Waals surface area contributed by atoms with Crippen LogP contribution in [0, 0.1) is 6.92 Å². The lowest BCUT2D eigenvalue weighted by Crippen LogP contribution is -2.42. The quantitative estimate of drug-likeness (QED) is 0.765. The number of fused-ring (bicyclic) bond motifs is 1. The predicted molar refractivity (Wildman–Crippen MR) is 59.6 cm³/mol. The van der Waals surface area contributed by atoms with Crippen molar-refractivity contribution in [1.82, 2.24) is 4.72 Å². The van der Waals surface area contributed by atoms with E-state index < -0.39 is 27.9 Å². The van der Waals surface area contributed by atoms with Gasteiger partial charge in [0.2, 0.25) is 10.0 Å². The van der Waals surface area contributed by atoms with E-state index in [1.54, 1.807) is 0 Å². The maximum Gasteiger partial charge on any atom is 0.416 e. The molecule has 0 saturated carbocycles. The Morgan fingerprint density at radius 2 is 1.89 bits per heavy atom. The summed E-state index contributed by atoms with van der Waals surface area (Å²) in [6.45, 7) is 2.74. The van der Waals surface area contributed by atoms with Gasteiger partial charge in [0, 0.05) is 0 Å². The van der Waals surface area contributed by atoms with Gasteiger partial charge in [0.25, 0.3) is 0 Å². The van der Waals surface area contributed by atoms with Crippen LogP contribution in [0.5, 0.6) is 0 Å². The minimum absolute atomic E-state index is 0.0285. The maximum atomic E-state index is 12.7. The molecule has 0 aliphatic carbocycles. The van der Waals surface area contributed by atoms with Crippen LogP contribution < -0.4 is 10.0 Å². The lowest BCUT2D eigenvalue weighted by Gasteiger charge is -2.26. The van der Waals surface area contributed by atoms with E-state index in [0.29, 0.717) is 0 Å². The Bertz CT molecular complexity index is 596. The highest BCUT2D eigenvalue weighted by atomic mass is 32.2. The van der Waals surface area contributed by atoms with E-state index in [0.717, 1.165) is 12.1 Å². The summed E-state index contributed by atoms with van der Waals surface area (Å²) in [6, 6.07) is 1.86. The monoisotopic (exact) mass is 280 g/mol. The second-order valence-electron chi connectivity index (χ2n) is 4.15. The molecule has 0 saturated heterocycles. The molecular formula is C10H11F3N2O2S. The summed E-state index contributed by atoms with van der Waals surface area (Å²) < 4.78 is 64.0. The minimum atomic E-state index is -4.50. The number of hydrogen-bond acceptors (Lipinski definition) is 3. The van der Waals surface area contributed by atoms with Gasteiger partial charge in [-0.25, -0.2) is 8.42 Å². The number of anilines is 1. The van der Waals surface area contributed by atoms with Gasteiger partial charge in [0.05, 0.1) is 17.4 Å². The van der Waals surface area contributed by atoms with E-state index in [1.165, 1.54) is 13.8 Å². The summed E-state index contributed by atoms with van der Waals surface area (Å²) in [6.07, 6.45) is -5.15. The van der Waals surface area contributed by atoms with Crippen LogP contribution in [-0.2, 0) is 16.2 Å². The first-order valence-corrected chi connectivity index (χ1v) is 6.60. The third-order valence-electron chi connectivity index (χ3n) is 2.63. The summed E-state index contributed by atoms with van der Waals surface area (Å²) in [5.74, 6) is 0. The van der Waals surface area contributed by atoms with Crippen LogP contribution in [0.2, 0.25) is 0 Å². The van der Waals surface area contributed by atoms with Gasteiger partial charge in [-0.3, -0.25) is 0 Å². The molecule has 100 valence electrons. The molecule has 1 aromatic carbocycles. The average molecular weight is 280 g/mol. The van der Waals surface area contributed by atoms with E-state index in [-0.39, 0.29) is 16.1 Å². The van der Waals surface area contributed by atoms with Gasteiger partial charge < -0.3 is 5.32 Å². The molecule has 1 heterocycles. The molecule has 1 aliphatic heterocycles. The molecule has 0 spiro atoms. The number of benzene rings is 1. The summed E-state index contributed by atoms with van der Waals surface area (Å²) >= 11 is 0. The van der Waals surface area contributed by atoms with Crippen molar-refractivity contribution in [2.75, 3.05) is 5.32 Å². The van der Waals surface area contributed by atoms with Gasteiger partial charge in [-0.15, -0.1) is 0 Å². The molecule has 0 fully saturated rings. The Balaban J connectivity index is 2.67. The van der Waals surface area contributed by atoms with Crippen molar-refractivity contribution in [3.05, 3.63) is 23.3 Å². The molecule has 1 atom stereocenters. The second-order valence-corrected chi connectivity index (χ2v) is 5.83. The van der Waals surface area contributed by atoms with Crippen LogP contribution >= 0.6 is 0 Å². The molecule has 1 aromatic rings.